The van der Waals surface area contributed by atoms with E-state index in [1.54, 1.807) is 29.9 Å². The highest BCUT2D eigenvalue weighted by molar-refractivity contribution is 7.90. The highest BCUT2D eigenvalue weighted by atomic mass is 32.2. The molecule has 3 N–H and O–H groups in total. The first-order valence-corrected chi connectivity index (χ1v) is 10.5. The quantitative estimate of drug-likeness (QED) is 0.579. The Labute approximate surface area is 163 Å². The lowest BCUT2D eigenvalue weighted by Gasteiger charge is -2.06. The van der Waals surface area contributed by atoms with E-state index in [4.69, 9.17) is 0 Å². The fraction of sp³-hybridized carbons (Fsp3) is 0.0556. The molecule has 2 amide bonds. The lowest BCUT2D eigenvalue weighted by molar-refractivity contribution is -0.117. The number of hydrogen-bond donors (Lipinski definition) is 3. The number of aromatic nitrogens is 1. The van der Waals surface area contributed by atoms with E-state index in [1.165, 1.54) is 23.5 Å². The molecule has 3 aromatic rings. The molecule has 0 saturated heterocycles. The summed E-state index contributed by atoms with van der Waals surface area (Å²) in [7, 11) is -3.87. The van der Waals surface area contributed by atoms with Gasteiger partial charge in [0.25, 0.3) is 10.0 Å². The van der Waals surface area contributed by atoms with Crippen molar-refractivity contribution in [1.82, 2.24) is 9.71 Å². The summed E-state index contributed by atoms with van der Waals surface area (Å²) < 4.78 is 26.8. The van der Waals surface area contributed by atoms with Crippen LogP contribution in [-0.2, 0) is 19.6 Å². The van der Waals surface area contributed by atoms with E-state index in [0.29, 0.717) is 5.69 Å². The van der Waals surface area contributed by atoms with Gasteiger partial charge in [0, 0.05) is 35.3 Å². The SMILES string of the molecule is CC(=O)NS(=O)(=O)c1ccc(NC=c2cc3c(c4scnc24)=CC(=O)N3)cc1. The number of benzene rings is 2. The van der Waals surface area contributed by atoms with Crippen molar-refractivity contribution in [3.8, 4) is 0 Å². The lowest BCUT2D eigenvalue weighted by atomic mass is 10.2. The van der Waals surface area contributed by atoms with Gasteiger partial charge in [0.15, 0.2) is 0 Å². The van der Waals surface area contributed by atoms with Crippen molar-refractivity contribution in [2.75, 3.05) is 10.6 Å². The molecule has 142 valence electrons. The molecule has 4 rings (SSSR count). The second-order valence-electron chi connectivity index (χ2n) is 6.07. The predicted molar refractivity (Wildman–Crippen MR) is 107 cm³/mol. The zero-order valence-corrected chi connectivity index (χ0v) is 16.1. The number of amides is 2. The second kappa shape index (κ2) is 6.73. The normalized spacial score (nSPS) is 13.8. The van der Waals surface area contributed by atoms with Gasteiger partial charge in [-0.2, -0.15) is 0 Å². The zero-order chi connectivity index (χ0) is 19.9. The Kier molecular flexibility index (Phi) is 4.36. The van der Waals surface area contributed by atoms with E-state index < -0.39 is 15.9 Å². The number of fused-ring (bicyclic) bond motifs is 3. The summed E-state index contributed by atoms with van der Waals surface area (Å²) in [5, 5.41) is 7.52. The van der Waals surface area contributed by atoms with Gasteiger partial charge < -0.3 is 10.6 Å². The molecule has 1 aliphatic heterocycles. The fourth-order valence-corrected chi connectivity index (χ4v) is 4.70. The first-order chi connectivity index (χ1) is 13.3. The summed E-state index contributed by atoms with van der Waals surface area (Å²) in [5.41, 5.74) is 3.88. The lowest BCUT2D eigenvalue weighted by Crippen LogP contribution is -2.28. The van der Waals surface area contributed by atoms with Gasteiger partial charge in [-0.25, -0.2) is 18.1 Å². The Morgan fingerprint density at radius 1 is 1.25 bits per heavy atom. The second-order valence-corrected chi connectivity index (χ2v) is 8.60. The molecule has 0 aliphatic carbocycles. The molecule has 0 saturated carbocycles. The number of nitrogens with one attached hydrogen (secondary N) is 3. The van der Waals surface area contributed by atoms with Crippen molar-refractivity contribution < 1.29 is 18.0 Å². The minimum Gasteiger partial charge on any atom is -0.361 e. The predicted octanol–water partition coefficient (Wildman–Crippen LogP) is 0.704. The Morgan fingerprint density at radius 3 is 2.71 bits per heavy atom. The Morgan fingerprint density at radius 2 is 2.00 bits per heavy atom. The van der Waals surface area contributed by atoms with Crippen LogP contribution in [0.2, 0.25) is 0 Å². The van der Waals surface area contributed by atoms with Crippen LogP contribution in [0.4, 0.5) is 11.4 Å². The van der Waals surface area contributed by atoms with Crippen molar-refractivity contribution in [2.24, 2.45) is 0 Å². The van der Waals surface area contributed by atoms with Gasteiger partial charge in [0.2, 0.25) is 11.8 Å². The number of nitrogens with zero attached hydrogens (tertiary/aromatic N) is 1. The summed E-state index contributed by atoms with van der Waals surface area (Å²) in [6, 6.07) is 7.82. The summed E-state index contributed by atoms with van der Waals surface area (Å²) in [6.45, 7) is 1.14. The smallest absolute Gasteiger partial charge is 0.264 e. The van der Waals surface area contributed by atoms with Crippen LogP contribution in [0.5, 0.6) is 0 Å². The molecular formula is C18H14N4O4S2. The van der Waals surface area contributed by atoms with Crippen LogP contribution >= 0.6 is 11.3 Å². The Hall–Kier alpha value is -3.24. The molecule has 0 radical (unpaired) electrons. The van der Waals surface area contributed by atoms with E-state index in [0.717, 1.165) is 33.3 Å². The van der Waals surface area contributed by atoms with Crippen molar-refractivity contribution in [3.63, 3.8) is 0 Å². The van der Waals surface area contributed by atoms with Gasteiger partial charge in [-0.05, 0) is 30.3 Å². The van der Waals surface area contributed by atoms with Gasteiger partial charge in [0.1, 0.15) is 0 Å². The highest BCUT2D eigenvalue weighted by Crippen LogP contribution is 2.17. The van der Waals surface area contributed by atoms with Gasteiger partial charge in [-0.1, -0.05) is 0 Å². The van der Waals surface area contributed by atoms with Gasteiger partial charge in [-0.3, -0.25) is 9.59 Å². The standard InChI is InChI=1S/C18H14N4O4S2/c1-10(23)22-28(25,26)13-4-2-12(3-5-13)19-8-11-6-15-14(7-16(24)21-15)18-17(11)20-9-27-18/h2-9,19H,1H3,(H,21,24)(H,22,23). The number of anilines is 2. The number of carbonyl (C=O) groups is 2. The molecule has 0 atom stereocenters. The molecule has 0 spiro atoms. The third kappa shape index (κ3) is 3.35. The molecule has 0 unspecified atom stereocenters. The molecule has 0 bridgehead atoms. The Balaban J connectivity index is 1.65. The van der Waals surface area contributed by atoms with E-state index >= 15 is 0 Å². The maximum atomic E-state index is 12.0. The third-order valence-corrected chi connectivity index (χ3v) is 6.35. The first-order valence-electron chi connectivity index (χ1n) is 8.12. The number of carbonyl (C=O) groups excluding carboxylic acids is 2. The van der Waals surface area contributed by atoms with Gasteiger partial charge in [0.05, 0.1) is 26.3 Å². The zero-order valence-electron chi connectivity index (χ0n) is 14.5. The molecule has 1 aromatic heterocycles. The third-order valence-electron chi connectivity index (χ3n) is 4.05. The van der Waals surface area contributed by atoms with Crippen molar-refractivity contribution in [1.29, 1.82) is 0 Å². The van der Waals surface area contributed by atoms with Crippen molar-refractivity contribution in [3.05, 3.63) is 46.3 Å². The minimum atomic E-state index is -3.87. The fourth-order valence-electron chi connectivity index (χ4n) is 2.86. The number of sulfonamides is 1. The summed E-state index contributed by atoms with van der Waals surface area (Å²) in [5.74, 6) is -0.811. The first kappa shape index (κ1) is 18.1. The van der Waals surface area contributed by atoms with E-state index in [9.17, 15) is 18.0 Å². The maximum absolute atomic E-state index is 12.0. The largest absolute Gasteiger partial charge is 0.361 e. The monoisotopic (exact) mass is 414 g/mol. The van der Waals surface area contributed by atoms with Crippen molar-refractivity contribution >= 4 is 67.0 Å². The van der Waals surface area contributed by atoms with Crippen LogP contribution in [0.15, 0.2) is 40.7 Å². The number of hydrogen-bond acceptors (Lipinski definition) is 7. The van der Waals surface area contributed by atoms with Crippen LogP contribution in [0.1, 0.15) is 6.92 Å². The minimum absolute atomic E-state index is 0.00841. The van der Waals surface area contributed by atoms with E-state index in [2.05, 4.69) is 15.6 Å². The molecule has 1 aliphatic rings. The molecule has 0 fully saturated rings. The van der Waals surface area contributed by atoms with Crippen LogP contribution in [-0.4, -0.2) is 25.2 Å². The van der Waals surface area contributed by atoms with Gasteiger partial charge >= 0.3 is 0 Å². The van der Waals surface area contributed by atoms with Crippen LogP contribution in [0, 0.1) is 0 Å². The molecular weight excluding hydrogens is 400 g/mol. The number of thiazole rings is 1. The Bertz CT molecular complexity index is 1340. The molecule has 28 heavy (non-hydrogen) atoms. The molecule has 2 heterocycles. The van der Waals surface area contributed by atoms with Crippen molar-refractivity contribution in [2.45, 2.75) is 11.8 Å². The average molecular weight is 414 g/mol. The molecule has 10 heteroatoms. The molecule has 8 nitrogen and oxygen atoms in total. The summed E-state index contributed by atoms with van der Waals surface area (Å²) in [4.78, 5) is 27.0. The molecule has 2 aromatic carbocycles. The summed E-state index contributed by atoms with van der Waals surface area (Å²) >= 11 is 1.46. The average Bonchev–Trinajstić information content (AvgIpc) is 3.24. The van der Waals surface area contributed by atoms with E-state index in [-0.39, 0.29) is 10.8 Å². The van der Waals surface area contributed by atoms with Crippen LogP contribution in [0.3, 0.4) is 0 Å². The van der Waals surface area contributed by atoms with Crippen LogP contribution in [0.25, 0.3) is 22.5 Å². The summed E-state index contributed by atoms with van der Waals surface area (Å²) in [6.07, 6.45) is 3.30. The van der Waals surface area contributed by atoms with Crippen LogP contribution < -0.4 is 25.8 Å². The highest BCUT2D eigenvalue weighted by Gasteiger charge is 2.15. The topological polar surface area (TPSA) is 117 Å². The number of rotatable bonds is 4. The van der Waals surface area contributed by atoms with Gasteiger partial charge in [-0.15, -0.1) is 11.3 Å². The van der Waals surface area contributed by atoms with E-state index in [1.807, 2.05) is 10.8 Å². The maximum Gasteiger partial charge on any atom is 0.264 e.